The number of rotatable bonds is 2. The highest BCUT2D eigenvalue weighted by atomic mass is 19.3. The summed E-state index contributed by atoms with van der Waals surface area (Å²) in [5.41, 5.74) is 5.92. The molecule has 0 atom stereocenters. The van der Waals surface area contributed by atoms with Gasteiger partial charge in [0.05, 0.1) is 11.3 Å². The molecule has 0 aromatic heterocycles. The number of azide groups is 1. The summed E-state index contributed by atoms with van der Waals surface area (Å²) in [5.74, 6) is -2.90. The molecule has 0 bridgehead atoms. The van der Waals surface area contributed by atoms with Gasteiger partial charge in [0.25, 0.3) is 6.43 Å². The second-order valence-electron chi connectivity index (χ2n) is 2.28. The van der Waals surface area contributed by atoms with E-state index < -0.39 is 29.3 Å². The van der Waals surface area contributed by atoms with Gasteiger partial charge in [-0.3, -0.25) is 0 Å². The van der Waals surface area contributed by atoms with Crippen molar-refractivity contribution in [1.82, 2.24) is 0 Å². The summed E-state index contributed by atoms with van der Waals surface area (Å²) in [5, 5.41) is 2.80. The van der Waals surface area contributed by atoms with Crippen LogP contribution in [0.3, 0.4) is 0 Å². The van der Waals surface area contributed by atoms with E-state index in [9.17, 15) is 17.6 Å². The smallest absolute Gasteiger partial charge is 0.206 e. The van der Waals surface area contributed by atoms with Crippen molar-refractivity contribution in [2.75, 3.05) is 0 Å². The molecule has 0 spiro atoms. The Morgan fingerprint density at radius 3 is 2.43 bits per heavy atom. The zero-order valence-electron chi connectivity index (χ0n) is 6.59. The molecule has 0 amide bonds. The third kappa shape index (κ3) is 1.77. The molecule has 0 saturated carbocycles. The summed E-state index contributed by atoms with van der Waals surface area (Å²) >= 11 is 0. The Morgan fingerprint density at radius 1 is 1.29 bits per heavy atom. The van der Waals surface area contributed by atoms with Gasteiger partial charge in [-0.2, -0.15) is 0 Å². The second-order valence-corrected chi connectivity index (χ2v) is 2.28. The highest BCUT2D eigenvalue weighted by Crippen LogP contribution is 2.30. The van der Waals surface area contributed by atoms with Gasteiger partial charge in [-0.1, -0.05) is 5.11 Å². The minimum Gasteiger partial charge on any atom is -0.206 e. The van der Waals surface area contributed by atoms with Crippen LogP contribution in [0.5, 0.6) is 0 Å². The molecule has 0 saturated heterocycles. The van der Waals surface area contributed by atoms with Gasteiger partial charge in [0, 0.05) is 4.91 Å². The minimum atomic E-state index is -3.29. The van der Waals surface area contributed by atoms with E-state index in [1.807, 2.05) is 0 Å². The van der Waals surface area contributed by atoms with E-state index in [1.54, 1.807) is 0 Å². The summed E-state index contributed by atoms with van der Waals surface area (Å²) in [6.07, 6.45) is -3.29. The van der Waals surface area contributed by atoms with Crippen LogP contribution in [0.25, 0.3) is 10.4 Å². The number of halogens is 4. The van der Waals surface area contributed by atoms with Crippen LogP contribution in [0, 0.1) is 11.6 Å². The molecule has 0 unspecified atom stereocenters. The summed E-state index contributed by atoms with van der Waals surface area (Å²) in [6.45, 7) is 0. The van der Waals surface area contributed by atoms with Gasteiger partial charge in [-0.05, 0) is 17.7 Å². The predicted molar refractivity (Wildman–Crippen MR) is 40.1 cm³/mol. The molecule has 3 nitrogen and oxygen atoms in total. The molecule has 0 aliphatic rings. The molecule has 0 fully saturated rings. The van der Waals surface area contributed by atoms with E-state index in [-0.39, 0.29) is 0 Å². The molecule has 0 radical (unpaired) electrons. The highest BCUT2D eigenvalue weighted by Gasteiger charge is 2.20. The van der Waals surface area contributed by atoms with Crippen molar-refractivity contribution >= 4 is 5.69 Å². The first-order chi connectivity index (χ1) is 6.57. The van der Waals surface area contributed by atoms with Gasteiger partial charge in [-0.25, -0.2) is 17.6 Å². The molecule has 0 aliphatic heterocycles. The summed E-state index contributed by atoms with van der Waals surface area (Å²) in [6, 6.07) is 1.41. The Bertz CT molecular complexity index is 398. The topological polar surface area (TPSA) is 48.8 Å². The fourth-order valence-electron chi connectivity index (χ4n) is 0.883. The van der Waals surface area contributed by atoms with Crippen molar-refractivity contribution in [3.8, 4) is 0 Å². The van der Waals surface area contributed by atoms with Crippen LogP contribution in [-0.2, 0) is 0 Å². The van der Waals surface area contributed by atoms with Crippen LogP contribution in [-0.4, -0.2) is 0 Å². The van der Waals surface area contributed by atoms with Gasteiger partial charge in [0.15, 0.2) is 0 Å². The molecule has 1 aromatic carbocycles. The molecular formula is C7H3F4N3. The van der Waals surface area contributed by atoms with Crippen molar-refractivity contribution in [2.45, 2.75) is 6.43 Å². The van der Waals surface area contributed by atoms with E-state index in [0.29, 0.717) is 6.07 Å². The van der Waals surface area contributed by atoms with Crippen LogP contribution in [0.15, 0.2) is 17.2 Å². The van der Waals surface area contributed by atoms with Crippen molar-refractivity contribution in [2.24, 2.45) is 5.11 Å². The van der Waals surface area contributed by atoms with Crippen LogP contribution in [0.2, 0.25) is 0 Å². The van der Waals surface area contributed by atoms with Crippen LogP contribution in [0.4, 0.5) is 23.2 Å². The van der Waals surface area contributed by atoms with Crippen molar-refractivity contribution in [1.29, 1.82) is 0 Å². The Labute approximate surface area is 75.6 Å². The first-order valence-corrected chi connectivity index (χ1v) is 3.39. The molecule has 0 N–H and O–H groups in total. The van der Waals surface area contributed by atoms with Crippen molar-refractivity contribution in [3.05, 3.63) is 39.8 Å². The maximum atomic E-state index is 13.0. The molecule has 1 rings (SSSR count). The highest BCUT2D eigenvalue weighted by molar-refractivity contribution is 5.43. The average molecular weight is 205 g/mol. The lowest BCUT2D eigenvalue weighted by Crippen LogP contribution is -1.95. The lowest BCUT2D eigenvalue weighted by atomic mass is 10.2. The number of hydrogen-bond donors (Lipinski definition) is 0. The Kier molecular flexibility index (Phi) is 2.93. The van der Waals surface area contributed by atoms with Crippen LogP contribution >= 0.6 is 0 Å². The maximum Gasteiger partial charge on any atom is 0.269 e. The van der Waals surface area contributed by atoms with E-state index in [4.69, 9.17) is 5.53 Å². The van der Waals surface area contributed by atoms with Gasteiger partial charge >= 0.3 is 0 Å². The first-order valence-electron chi connectivity index (χ1n) is 3.39. The maximum absolute atomic E-state index is 13.0. The zero-order valence-corrected chi connectivity index (χ0v) is 6.59. The molecule has 0 aliphatic carbocycles. The zero-order chi connectivity index (χ0) is 10.7. The van der Waals surface area contributed by atoms with Gasteiger partial charge < -0.3 is 0 Å². The third-order valence-electron chi connectivity index (χ3n) is 1.48. The molecule has 0 heterocycles. The van der Waals surface area contributed by atoms with Crippen LogP contribution in [0.1, 0.15) is 12.0 Å². The van der Waals surface area contributed by atoms with E-state index in [0.717, 1.165) is 6.07 Å². The standard InChI is InChI=1S/C7H3F4N3/c8-3-1-2-4(13-14-12)6(9)5(3)7(10)11/h1-2,7H. The number of alkyl halides is 2. The number of benzene rings is 1. The summed E-state index contributed by atoms with van der Waals surface area (Å²) < 4.78 is 49.8. The Balaban J connectivity index is 3.40. The Hall–Kier alpha value is -1.75. The summed E-state index contributed by atoms with van der Waals surface area (Å²) in [7, 11) is 0. The molecule has 1 aromatic rings. The largest absolute Gasteiger partial charge is 0.269 e. The van der Waals surface area contributed by atoms with E-state index in [1.165, 1.54) is 0 Å². The SMILES string of the molecule is [N-]=[N+]=Nc1ccc(F)c(C(F)F)c1F. The first kappa shape index (κ1) is 10.3. The van der Waals surface area contributed by atoms with Crippen LogP contribution < -0.4 is 0 Å². The van der Waals surface area contributed by atoms with Crippen molar-refractivity contribution < 1.29 is 17.6 Å². The van der Waals surface area contributed by atoms with E-state index in [2.05, 4.69) is 10.0 Å². The van der Waals surface area contributed by atoms with Crippen molar-refractivity contribution in [3.63, 3.8) is 0 Å². The minimum absolute atomic E-state index is 0.620. The average Bonchev–Trinajstić information content (AvgIpc) is 2.10. The van der Waals surface area contributed by atoms with Gasteiger partial charge in [0.2, 0.25) is 0 Å². The molecular weight excluding hydrogens is 202 g/mol. The van der Waals surface area contributed by atoms with Gasteiger partial charge in [0.1, 0.15) is 11.6 Å². The third-order valence-corrected chi connectivity index (χ3v) is 1.48. The van der Waals surface area contributed by atoms with Gasteiger partial charge in [-0.15, -0.1) is 0 Å². The normalized spacial score (nSPS) is 10.1. The lowest BCUT2D eigenvalue weighted by Gasteiger charge is -2.04. The fourth-order valence-corrected chi connectivity index (χ4v) is 0.883. The quantitative estimate of drug-likeness (QED) is 0.305. The monoisotopic (exact) mass is 205 g/mol. The second kappa shape index (κ2) is 3.97. The molecule has 14 heavy (non-hydrogen) atoms. The Morgan fingerprint density at radius 2 is 1.93 bits per heavy atom. The summed E-state index contributed by atoms with van der Waals surface area (Å²) in [4.78, 5) is 2.21. The molecule has 7 heteroatoms. The molecule has 74 valence electrons. The fraction of sp³-hybridized carbons (Fsp3) is 0.143. The predicted octanol–water partition coefficient (Wildman–Crippen LogP) is 3.84. The van der Waals surface area contributed by atoms with E-state index >= 15 is 0 Å². The number of nitrogens with zero attached hydrogens (tertiary/aromatic N) is 3. The lowest BCUT2D eigenvalue weighted by molar-refractivity contribution is 0.141. The number of hydrogen-bond acceptors (Lipinski definition) is 1.